The average Bonchev–Trinajstić information content (AvgIpc) is 2.78. The molecule has 0 aliphatic carbocycles. The first kappa shape index (κ1) is 12.8. The van der Waals surface area contributed by atoms with Gasteiger partial charge in [0.25, 0.3) is 0 Å². The largest absolute Gasteiger partial charge is 0.385 e. The van der Waals surface area contributed by atoms with Gasteiger partial charge in [-0.1, -0.05) is 6.92 Å². The third-order valence-electron chi connectivity index (χ3n) is 3.87. The molecule has 17 heavy (non-hydrogen) atoms. The number of carbonyl (C=O) groups is 1. The molecule has 0 aromatic heterocycles. The molecule has 5 heteroatoms. The van der Waals surface area contributed by atoms with Gasteiger partial charge in [0.2, 0.25) is 5.91 Å². The number of likely N-dealkylation sites (tertiary alicyclic amines) is 1. The minimum Gasteiger partial charge on any atom is -0.385 e. The van der Waals surface area contributed by atoms with Crippen LogP contribution >= 0.6 is 0 Å². The fraction of sp³-hybridized carbons (Fsp3) is 0.917. The number of rotatable bonds is 4. The Morgan fingerprint density at radius 3 is 3.00 bits per heavy atom. The maximum Gasteiger partial charge on any atom is 0.239 e. The van der Waals surface area contributed by atoms with Crippen LogP contribution in [0, 0.1) is 0 Å². The molecule has 5 nitrogen and oxygen atoms in total. The normalized spacial score (nSPS) is 38.1. The van der Waals surface area contributed by atoms with Gasteiger partial charge < -0.3 is 20.1 Å². The Kier molecular flexibility index (Phi) is 3.70. The van der Waals surface area contributed by atoms with Gasteiger partial charge in [-0.3, -0.25) is 4.79 Å². The van der Waals surface area contributed by atoms with Gasteiger partial charge in [-0.05, 0) is 19.9 Å². The molecule has 2 aliphatic heterocycles. The van der Waals surface area contributed by atoms with Gasteiger partial charge in [-0.2, -0.15) is 0 Å². The highest BCUT2D eigenvalue weighted by molar-refractivity contribution is 5.84. The molecule has 0 saturated carbocycles. The highest BCUT2D eigenvalue weighted by atomic mass is 16.5. The van der Waals surface area contributed by atoms with Gasteiger partial charge in [0.1, 0.15) is 5.60 Å². The lowest BCUT2D eigenvalue weighted by Gasteiger charge is -2.31. The molecule has 0 bridgehead atoms. The van der Waals surface area contributed by atoms with E-state index in [-0.39, 0.29) is 18.1 Å². The van der Waals surface area contributed by atoms with E-state index in [0.29, 0.717) is 19.6 Å². The van der Waals surface area contributed by atoms with E-state index in [4.69, 9.17) is 4.74 Å². The Balaban J connectivity index is 1.94. The quantitative estimate of drug-likeness (QED) is 0.713. The standard InChI is InChI=1S/C12H22N2O3/c1-3-13-10-4-6-14(11(10)15)8-12(16)5-7-17-9(12)2/h9-10,13,16H,3-8H2,1-2H3. The Morgan fingerprint density at radius 1 is 1.65 bits per heavy atom. The second-order valence-corrected chi connectivity index (χ2v) is 5.03. The molecule has 2 N–H and O–H groups in total. The van der Waals surface area contributed by atoms with Crippen molar-refractivity contribution < 1.29 is 14.6 Å². The predicted molar refractivity (Wildman–Crippen MR) is 63.6 cm³/mol. The molecule has 2 heterocycles. The third-order valence-corrected chi connectivity index (χ3v) is 3.87. The van der Waals surface area contributed by atoms with Crippen molar-refractivity contribution >= 4 is 5.91 Å². The minimum atomic E-state index is -0.864. The van der Waals surface area contributed by atoms with Crippen molar-refractivity contribution in [2.45, 2.75) is 44.4 Å². The zero-order valence-electron chi connectivity index (χ0n) is 10.6. The van der Waals surface area contributed by atoms with Crippen LogP contribution in [0.15, 0.2) is 0 Å². The number of ether oxygens (including phenoxy) is 1. The summed E-state index contributed by atoms with van der Waals surface area (Å²) < 4.78 is 5.38. The van der Waals surface area contributed by atoms with Crippen LogP contribution < -0.4 is 5.32 Å². The third kappa shape index (κ3) is 2.46. The van der Waals surface area contributed by atoms with Crippen LogP contribution in [0.25, 0.3) is 0 Å². The molecule has 2 saturated heterocycles. The Hall–Kier alpha value is -0.650. The number of β-amino-alcohol motifs (C(OH)–C–C–N with tert-alkyl or cyclic N) is 1. The molecule has 0 aromatic rings. The van der Waals surface area contributed by atoms with Crippen LogP contribution in [0.4, 0.5) is 0 Å². The molecule has 98 valence electrons. The fourth-order valence-electron chi connectivity index (χ4n) is 2.64. The highest BCUT2D eigenvalue weighted by Gasteiger charge is 2.44. The summed E-state index contributed by atoms with van der Waals surface area (Å²) in [5.41, 5.74) is -0.864. The maximum absolute atomic E-state index is 12.0. The van der Waals surface area contributed by atoms with Crippen LogP contribution in [0.1, 0.15) is 26.7 Å². The average molecular weight is 242 g/mol. The van der Waals surface area contributed by atoms with Gasteiger partial charge >= 0.3 is 0 Å². The summed E-state index contributed by atoms with van der Waals surface area (Å²) in [7, 11) is 0. The summed E-state index contributed by atoms with van der Waals surface area (Å²) in [5.74, 6) is 0.111. The number of nitrogens with zero attached hydrogens (tertiary/aromatic N) is 1. The second-order valence-electron chi connectivity index (χ2n) is 5.03. The fourth-order valence-corrected chi connectivity index (χ4v) is 2.64. The highest BCUT2D eigenvalue weighted by Crippen LogP contribution is 2.28. The summed E-state index contributed by atoms with van der Waals surface area (Å²) in [6.45, 7) is 6.37. The first-order valence-corrected chi connectivity index (χ1v) is 6.43. The van der Waals surface area contributed by atoms with E-state index < -0.39 is 5.60 Å². The lowest BCUT2D eigenvalue weighted by Crippen LogP contribution is -2.49. The molecule has 2 rings (SSSR count). The van der Waals surface area contributed by atoms with E-state index in [9.17, 15) is 9.90 Å². The van der Waals surface area contributed by atoms with Crippen molar-refractivity contribution in [3.63, 3.8) is 0 Å². The van der Waals surface area contributed by atoms with Crippen LogP contribution in [0.5, 0.6) is 0 Å². The number of nitrogens with one attached hydrogen (secondary N) is 1. The van der Waals surface area contributed by atoms with Crippen LogP contribution in [-0.2, 0) is 9.53 Å². The molecule has 2 fully saturated rings. The first-order valence-electron chi connectivity index (χ1n) is 6.43. The summed E-state index contributed by atoms with van der Waals surface area (Å²) in [4.78, 5) is 13.8. The molecule has 2 aliphatic rings. The van der Waals surface area contributed by atoms with E-state index in [1.54, 1.807) is 4.90 Å². The smallest absolute Gasteiger partial charge is 0.239 e. The Bertz CT molecular complexity index is 297. The lowest BCUT2D eigenvalue weighted by atomic mass is 9.96. The van der Waals surface area contributed by atoms with E-state index in [1.807, 2.05) is 13.8 Å². The number of likely N-dealkylation sites (N-methyl/N-ethyl adjacent to an activating group) is 1. The molecular formula is C12H22N2O3. The van der Waals surface area contributed by atoms with Crippen molar-refractivity contribution in [3.8, 4) is 0 Å². The van der Waals surface area contributed by atoms with Crippen molar-refractivity contribution in [3.05, 3.63) is 0 Å². The van der Waals surface area contributed by atoms with Crippen molar-refractivity contribution in [2.24, 2.45) is 0 Å². The van der Waals surface area contributed by atoms with E-state index in [0.717, 1.165) is 19.5 Å². The van der Waals surface area contributed by atoms with Gasteiger partial charge in [-0.25, -0.2) is 0 Å². The monoisotopic (exact) mass is 242 g/mol. The van der Waals surface area contributed by atoms with Crippen molar-refractivity contribution in [1.29, 1.82) is 0 Å². The van der Waals surface area contributed by atoms with Gasteiger partial charge in [0.05, 0.1) is 18.7 Å². The van der Waals surface area contributed by atoms with Crippen molar-refractivity contribution in [2.75, 3.05) is 26.2 Å². The zero-order chi connectivity index (χ0) is 12.5. The maximum atomic E-state index is 12.0. The van der Waals surface area contributed by atoms with Crippen LogP contribution in [0.3, 0.4) is 0 Å². The summed E-state index contributed by atoms with van der Waals surface area (Å²) >= 11 is 0. The molecule has 0 spiro atoms. The first-order chi connectivity index (χ1) is 8.07. The van der Waals surface area contributed by atoms with Crippen molar-refractivity contribution in [1.82, 2.24) is 10.2 Å². The molecule has 0 radical (unpaired) electrons. The zero-order valence-corrected chi connectivity index (χ0v) is 10.6. The Labute approximate surface area is 102 Å². The van der Waals surface area contributed by atoms with E-state index in [1.165, 1.54) is 0 Å². The predicted octanol–water partition coefficient (Wildman–Crippen LogP) is -0.263. The van der Waals surface area contributed by atoms with Gasteiger partial charge in [0, 0.05) is 19.6 Å². The number of hydrogen-bond donors (Lipinski definition) is 2. The number of hydrogen-bond acceptors (Lipinski definition) is 4. The number of amides is 1. The van der Waals surface area contributed by atoms with E-state index in [2.05, 4.69) is 5.32 Å². The lowest BCUT2D eigenvalue weighted by molar-refractivity contribution is -0.134. The van der Waals surface area contributed by atoms with E-state index >= 15 is 0 Å². The summed E-state index contributed by atoms with van der Waals surface area (Å²) in [6.07, 6.45) is 1.26. The van der Waals surface area contributed by atoms with Crippen LogP contribution in [-0.4, -0.2) is 59.9 Å². The van der Waals surface area contributed by atoms with Gasteiger partial charge in [0.15, 0.2) is 0 Å². The minimum absolute atomic E-state index is 0.0683. The summed E-state index contributed by atoms with van der Waals surface area (Å²) in [5, 5.41) is 13.6. The molecule has 3 unspecified atom stereocenters. The molecular weight excluding hydrogens is 220 g/mol. The van der Waals surface area contributed by atoms with Crippen LogP contribution in [0.2, 0.25) is 0 Å². The van der Waals surface area contributed by atoms with Gasteiger partial charge in [-0.15, -0.1) is 0 Å². The molecule has 1 amide bonds. The topological polar surface area (TPSA) is 61.8 Å². The number of aliphatic hydroxyl groups is 1. The Morgan fingerprint density at radius 2 is 2.41 bits per heavy atom. The molecule has 0 aromatic carbocycles. The number of carbonyl (C=O) groups excluding carboxylic acids is 1. The second kappa shape index (κ2) is 4.92. The SMILES string of the molecule is CCNC1CCN(CC2(O)CCOC2C)C1=O. The molecule has 3 atom stereocenters. The summed E-state index contributed by atoms with van der Waals surface area (Å²) in [6, 6.07) is -0.0683.